The van der Waals surface area contributed by atoms with Crippen LogP contribution >= 0.6 is 0 Å². The average molecular weight is 368 g/mol. The van der Waals surface area contributed by atoms with Crippen molar-refractivity contribution in [1.29, 1.82) is 0 Å². The number of rotatable bonds is 6. The first-order valence-electron chi connectivity index (χ1n) is 8.64. The van der Waals surface area contributed by atoms with Crippen molar-refractivity contribution in [2.75, 3.05) is 27.4 Å². The van der Waals surface area contributed by atoms with E-state index in [1.54, 1.807) is 44.6 Å². The molecule has 1 fully saturated rings. The summed E-state index contributed by atoms with van der Waals surface area (Å²) in [6.07, 6.45) is 1.65. The van der Waals surface area contributed by atoms with E-state index in [0.717, 1.165) is 12.2 Å². The van der Waals surface area contributed by atoms with Gasteiger partial charge < -0.3 is 23.4 Å². The fraction of sp³-hybridized carbons (Fsp3) is 0.286. The summed E-state index contributed by atoms with van der Waals surface area (Å²) in [4.78, 5) is 13.0. The van der Waals surface area contributed by atoms with Crippen LogP contribution in [-0.4, -0.2) is 33.5 Å². The standard InChI is InChI=1S/C21H20O6/c1-12-17(26-10-14-9-25-14)7-5-15-20(22)16(11-27-21(12)15)13-4-6-18(23-2)19(8-13)24-3/h4-8,11,14H,9-10H2,1-3H3. The van der Waals surface area contributed by atoms with Crippen LogP contribution < -0.4 is 19.6 Å². The summed E-state index contributed by atoms with van der Waals surface area (Å²) >= 11 is 0. The molecular weight excluding hydrogens is 348 g/mol. The van der Waals surface area contributed by atoms with Crippen LogP contribution in [-0.2, 0) is 4.74 Å². The molecule has 4 rings (SSSR count). The second-order valence-electron chi connectivity index (χ2n) is 6.38. The lowest BCUT2D eigenvalue weighted by molar-refractivity contribution is 0.262. The van der Waals surface area contributed by atoms with E-state index in [9.17, 15) is 4.79 Å². The maximum absolute atomic E-state index is 13.0. The Morgan fingerprint density at radius 3 is 2.52 bits per heavy atom. The molecule has 0 spiro atoms. The molecule has 27 heavy (non-hydrogen) atoms. The van der Waals surface area contributed by atoms with Crippen molar-refractivity contribution in [3.05, 3.63) is 52.4 Å². The molecule has 1 atom stereocenters. The highest BCUT2D eigenvalue weighted by atomic mass is 16.6. The Bertz CT molecular complexity index is 1050. The molecule has 0 N–H and O–H groups in total. The van der Waals surface area contributed by atoms with Gasteiger partial charge in [-0.05, 0) is 36.8 Å². The Morgan fingerprint density at radius 2 is 1.81 bits per heavy atom. The van der Waals surface area contributed by atoms with E-state index in [2.05, 4.69) is 0 Å². The molecule has 6 nitrogen and oxygen atoms in total. The van der Waals surface area contributed by atoms with Gasteiger partial charge in [0.1, 0.15) is 30.3 Å². The molecular formula is C21H20O6. The molecule has 0 bridgehead atoms. The molecule has 1 aliphatic rings. The highest BCUT2D eigenvalue weighted by Gasteiger charge is 2.24. The van der Waals surface area contributed by atoms with Gasteiger partial charge in [-0.1, -0.05) is 6.07 Å². The molecule has 3 aromatic rings. The summed E-state index contributed by atoms with van der Waals surface area (Å²) in [6, 6.07) is 8.87. The number of ether oxygens (including phenoxy) is 4. The minimum atomic E-state index is -0.108. The summed E-state index contributed by atoms with van der Waals surface area (Å²) < 4.78 is 27.3. The van der Waals surface area contributed by atoms with Crippen LogP contribution in [0.25, 0.3) is 22.1 Å². The monoisotopic (exact) mass is 368 g/mol. The molecule has 0 aliphatic carbocycles. The molecule has 0 amide bonds. The normalized spacial score (nSPS) is 15.6. The van der Waals surface area contributed by atoms with Gasteiger partial charge in [0.25, 0.3) is 0 Å². The highest BCUT2D eigenvalue weighted by molar-refractivity contribution is 5.85. The Hall–Kier alpha value is -2.99. The van der Waals surface area contributed by atoms with Crippen molar-refractivity contribution in [3.8, 4) is 28.4 Å². The minimum absolute atomic E-state index is 0.108. The first-order valence-corrected chi connectivity index (χ1v) is 8.64. The molecule has 0 radical (unpaired) electrons. The SMILES string of the molecule is COc1ccc(-c2coc3c(C)c(OCC4CO4)ccc3c2=O)cc1OC. The largest absolute Gasteiger partial charge is 0.493 e. The van der Waals surface area contributed by atoms with Gasteiger partial charge in [-0.15, -0.1) is 0 Å². The van der Waals surface area contributed by atoms with Gasteiger partial charge in [0.15, 0.2) is 11.5 Å². The molecule has 140 valence electrons. The van der Waals surface area contributed by atoms with Crippen LogP contribution in [0.3, 0.4) is 0 Å². The van der Waals surface area contributed by atoms with Gasteiger partial charge in [0.05, 0.1) is 31.8 Å². The van der Waals surface area contributed by atoms with Crippen LogP contribution in [0.15, 0.2) is 45.8 Å². The summed E-state index contributed by atoms with van der Waals surface area (Å²) in [5, 5.41) is 0.509. The third-order valence-corrected chi connectivity index (χ3v) is 4.66. The average Bonchev–Trinajstić information content (AvgIpc) is 3.52. The van der Waals surface area contributed by atoms with Crippen molar-refractivity contribution in [3.63, 3.8) is 0 Å². The van der Waals surface area contributed by atoms with Gasteiger partial charge in [0.2, 0.25) is 5.43 Å². The maximum Gasteiger partial charge on any atom is 0.200 e. The fourth-order valence-electron chi connectivity index (χ4n) is 3.03. The lowest BCUT2D eigenvalue weighted by Gasteiger charge is -2.11. The summed E-state index contributed by atoms with van der Waals surface area (Å²) in [7, 11) is 3.13. The van der Waals surface area contributed by atoms with Crippen LogP contribution in [0.4, 0.5) is 0 Å². The van der Waals surface area contributed by atoms with Gasteiger partial charge in [-0.2, -0.15) is 0 Å². The van der Waals surface area contributed by atoms with Crippen molar-refractivity contribution in [2.45, 2.75) is 13.0 Å². The molecule has 6 heteroatoms. The van der Waals surface area contributed by atoms with Crippen molar-refractivity contribution in [2.24, 2.45) is 0 Å². The van der Waals surface area contributed by atoms with Gasteiger partial charge >= 0.3 is 0 Å². The zero-order valence-corrected chi connectivity index (χ0v) is 15.4. The predicted molar refractivity (Wildman–Crippen MR) is 101 cm³/mol. The Kier molecular flexibility index (Phi) is 4.49. The smallest absolute Gasteiger partial charge is 0.200 e. The first kappa shape index (κ1) is 17.4. The Morgan fingerprint density at radius 1 is 1.07 bits per heavy atom. The third-order valence-electron chi connectivity index (χ3n) is 4.66. The predicted octanol–water partition coefficient (Wildman–Crippen LogP) is 3.56. The summed E-state index contributed by atoms with van der Waals surface area (Å²) in [5.41, 5.74) is 2.38. The van der Waals surface area contributed by atoms with E-state index in [1.807, 2.05) is 6.92 Å². The maximum atomic E-state index is 13.0. The van der Waals surface area contributed by atoms with E-state index in [1.165, 1.54) is 6.26 Å². The third kappa shape index (κ3) is 3.24. The van der Waals surface area contributed by atoms with Crippen molar-refractivity contribution < 1.29 is 23.4 Å². The Labute approximate surface area is 156 Å². The van der Waals surface area contributed by atoms with Gasteiger partial charge in [-0.25, -0.2) is 0 Å². The van der Waals surface area contributed by atoms with E-state index in [4.69, 9.17) is 23.4 Å². The Balaban J connectivity index is 1.76. The van der Waals surface area contributed by atoms with Crippen LogP contribution in [0.5, 0.6) is 17.2 Å². The number of hydrogen-bond donors (Lipinski definition) is 0. The van der Waals surface area contributed by atoms with E-state index < -0.39 is 0 Å². The van der Waals surface area contributed by atoms with Crippen LogP contribution in [0, 0.1) is 6.92 Å². The molecule has 1 aliphatic heterocycles. The molecule has 1 aromatic heterocycles. The van der Waals surface area contributed by atoms with E-state index in [0.29, 0.717) is 46.0 Å². The van der Waals surface area contributed by atoms with Crippen molar-refractivity contribution in [1.82, 2.24) is 0 Å². The van der Waals surface area contributed by atoms with Gasteiger partial charge in [0, 0.05) is 5.56 Å². The second-order valence-corrected chi connectivity index (χ2v) is 6.38. The number of benzene rings is 2. The second kappa shape index (κ2) is 6.96. The number of aryl methyl sites for hydroxylation is 1. The molecule has 2 aromatic carbocycles. The van der Waals surface area contributed by atoms with Gasteiger partial charge in [-0.3, -0.25) is 4.79 Å². The zero-order valence-electron chi connectivity index (χ0n) is 15.4. The minimum Gasteiger partial charge on any atom is -0.493 e. The number of fused-ring (bicyclic) bond motifs is 1. The van der Waals surface area contributed by atoms with Crippen molar-refractivity contribution >= 4 is 11.0 Å². The molecule has 0 saturated carbocycles. The number of epoxide rings is 1. The molecule has 1 unspecified atom stereocenters. The number of methoxy groups -OCH3 is 2. The molecule has 1 saturated heterocycles. The lowest BCUT2D eigenvalue weighted by atomic mass is 10.0. The summed E-state index contributed by atoms with van der Waals surface area (Å²) in [6.45, 7) is 3.11. The molecule has 2 heterocycles. The highest BCUT2D eigenvalue weighted by Crippen LogP contribution is 2.33. The van der Waals surface area contributed by atoms with E-state index in [-0.39, 0.29) is 11.5 Å². The quantitative estimate of drug-likeness (QED) is 0.620. The fourth-order valence-corrected chi connectivity index (χ4v) is 3.03. The summed E-state index contributed by atoms with van der Waals surface area (Å²) in [5.74, 6) is 1.85. The zero-order chi connectivity index (χ0) is 19.0. The number of hydrogen-bond acceptors (Lipinski definition) is 6. The van der Waals surface area contributed by atoms with E-state index >= 15 is 0 Å². The van der Waals surface area contributed by atoms with Crippen LogP contribution in [0.2, 0.25) is 0 Å². The van der Waals surface area contributed by atoms with Crippen LogP contribution in [0.1, 0.15) is 5.56 Å². The topological polar surface area (TPSA) is 70.4 Å². The lowest BCUT2D eigenvalue weighted by Crippen LogP contribution is -2.08. The first-order chi connectivity index (χ1) is 13.1.